The number of hydrogen-bond donors (Lipinski definition) is 0. The molecule has 220 valence electrons. The van der Waals surface area contributed by atoms with Crippen LogP contribution in [0.4, 0.5) is 0 Å². The number of esters is 2. The molecule has 41 heavy (non-hydrogen) atoms. The van der Waals surface area contributed by atoms with Crippen molar-refractivity contribution in [3.05, 3.63) is 88.1 Å². The highest BCUT2D eigenvalue weighted by atomic mass is 16.7. The van der Waals surface area contributed by atoms with Crippen LogP contribution in [-0.4, -0.2) is 28.9 Å². The number of cyclic esters (lactones) is 2. The summed E-state index contributed by atoms with van der Waals surface area (Å²) in [6.07, 6.45) is 7.05. The molecule has 4 rings (SSSR count). The maximum atomic E-state index is 13.7. The molecule has 0 N–H and O–H groups in total. The van der Waals surface area contributed by atoms with Crippen molar-refractivity contribution in [2.24, 2.45) is 5.92 Å². The van der Waals surface area contributed by atoms with Gasteiger partial charge in [0.1, 0.15) is 29.6 Å². The van der Waals surface area contributed by atoms with E-state index in [9.17, 15) is 14.8 Å². The minimum absolute atomic E-state index is 0.281. The molecule has 1 fully saturated rings. The van der Waals surface area contributed by atoms with E-state index >= 15 is 0 Å². The highest BCUT2D eigenvalue weighted by Crippen LogP contribution is 2.38. The first-order chi connectivity index (χ1) is 19.6. The second-order valence-electron chi connectivity index (χ2n) is 11.3. The lowest BCUT2D eigenvalue weighted by Crippen LogP contribution is -2.50. The molecular weight excluding hydrogens is 520 g/mol. The Morgan fingerprint density at radius 2 is 1.54 bits per heavy atom. The maximum Gasteiger partial charge on any atom is 0.324 e. The van der Waals surface area contributed by atoms with Gasteiger partial charge in [0.25, 0.3) is 11.6 Å². The van der Waals surface area contributed by atoms with Gasteiger partial charge in [-0.1, -0.05) is 81.5 Å². The lowest BCUT2D eigenvalue weighted by atomic mass is 9.84. The summed E-state index contributed by atoms with van der Waals surface area (Å²) in [5.41, 5.74) is 2.85. The van der Waals surface area contributed by atoms with Crippen LogP contribution in [-0.2, 0) is 25.6 Å². The monoisotopic (exact) mass is 562 g/mol. The molecule has 1 saturated heterocycles. The summed E-state index contributed by atoms with van der Waals surface area (Å²) in [5, 5.41) is 13.7. The van der Waals surface area contributed by atoms with Gasteiger partial charge in [-0.2, -0.15) is 0 Å². The largest absolute Gasteiger partial charge is 0.711 e. The quantitative estimate of drug-likeness (QED) is 0.0820. The fraction of sp³-hybridized carbons (Fsp3) is 0.485. The summed E-state index contributed by atoms with van der Waals surface area (Å²) in [5.74, 6) is -4.13. The maximum absolute atomic E-state index is 13.7. The molecule has 1 aliphatic rings. The van der Waals surface area contributed by atoms with Gasteiger partial charge >= 0.3 is 11.9 Å². The van der Waals surface area contributed by atoms with Gasteiger partial charge in [0.15, 0.2) is 5.92 Å². The molecule has 3 aromatic rings. The molecule has 0 spiro atoms. The number of carbonyl (C=O) groups is 2. The van der Waals surface area contributed by atoms with Crippen molar-refractivity contribution >= 4 is 11.9 Å². The number of unbranched alkanes of at least 4 members (excludes halogenated alkanes) is 5. The van der Waals surface area contributed by atoms with Crippen molar-refractivity contribution in [1.29, 1.82) is 0 Å². The molecular formula is C33H42N2O6. The Labute approximate surface area is 242 Å². The summed E-state index contributed by atoms with van der Waals surface area (Å²) in [6, 6.07) is 17.0. The second-order valence-corrected chi connectivity index (χ2v) is 11.3. The fourth-order valence-electron chi connectivity index (χ4n) is 5.39. The predicted octanol–water partition coefficient (Wildman–Crippen LogP) is 6.11. The molecule has 0 aliphatic carbocycles. The highest BCUT2D eigenvalue weighted by Gasteiger charge is 2.52. The third-order valence-corrected chi connectivity index (χ3v) is 7.72. The first-order valence-corrected chi connectivity index (χ1v) is 14.6. The molecule has 1 aromatic heterocycles. The van der Waals surface area contributed by atoms with Crippen LogP contribution in [0.5, 0.6) is 5.75 Å². The SMILES string of the molecule is CCCCCCCCOc1ccc(C(c2n(Cc3ccccc3)c(C)c(C)[n+]2[O-])C2C(=O)OC(C)(C)OC2=O)cc1. The van der Waals surface area contributed by atoms with Crippen molar-refractivity contribution < 1.29 is 28.5 Å². The van der Waals surface area contributed by atoms with Gasteiger partial charge < -0.3 is 19.4 Å². The molecule has 8 heteroatoms. The summed E-state index contributed by atoms with van der Waals surface area (Å²) < 4.78 is 19.7. The smallest absolute Gasteiger partial charge is 0.324 e. The van der Waals surface area contributed by atoms with Gasteiger partial charge in [-0.05, 0) is 29.7 Å². The van der Waals surface area contributed by atoms with Crippen LogP contribution in [0.15, 0.2) is 54.6 Å². The Kier molecular flexibility index (Phi) is 9.73. The third-order valence-electron chi connectivity index (χ3n) is 7.72. The highest BCUT2D eigenvalue weighted by molar-refractivity contribution is 5.98. The van der Waals surface area contributed by atoms with E-state index in [4.69, 9.17) is 14.2 Å². The van der Waals surface area contributed by atoms with Gasteiger partial charge in [0.2, 0.25) is 0 Å². The van der Waals surface area contributed by atoms with E-state index in [1.165, 1.54) is 39.5 Å². The lowest BCUT2D eigenvalue weighted by molar-refractivity contribution is -0.621. The fourth-order valence-corrected chi connectivity index (χ4v) is 5.39. The zero-order valence-electron chi connectivity index (χ0n) is 24.9. The third kappa shape index (κ3) is 7.10. The number of aromatic nitrogens is 2. The average molecular weight is 563 g/mol. The first-order valence-electron chi connectivity index (χ1n) is 14.6. The predicted molar refractivity (Wildman–Crippen MR) is 155 cm³/mol. The molecule has 1 unspecified atom stereocenters. The zero-order chi connectivity index (χ0) is 29.6. The van der Waals surface area contributed by atoms with Crippen LogP contribution in [0.1, 0.15) is 93.6 Å². The Morgan fingerprint density at radius 1 is 0.927 bits per heavy atom. The lowest BCUT2D eigenvalue weighted by Gasteiger charge is -2.35. The molecule has 1 atom stereocenters. The van der Waals surface area contributed by atoms with Crippen molar-refractivity contribution in [2.45, 2.75) is 91.4 Å². The van der Waals surface area contributed by atoms with E-state index in [0.717, 1.165) is 28.8 Å². The number of rotatable bonds is 13. The number of carbonyl (C=O) groups excluding carboxylic acids is 2. The van der Waals surface area contributed by atoms with E-state index in [2.05, 4.69) is 6.92 Å². The minimum Gasteiger partial charge on any atom is -0.711 e. The zero-order valence-corrected chi connectivity index (χ0v) is 24.9. The topological polar surface area (TPSA) is 93.7 Å². The second kappa shape index (κ2) is 13.2. The standard InChI is InChI=1S/C33H42N2O6/c1-6-7-8-9-10-14-21-39-27-19-17-26(18-20-27)28(29-31(36)40-33(4,5)41-32(29)37)30-34(23(2)24(3)35(30)38)22-25-15-12-11-13-16-25/h11-13,15-20,28-29H,6-10,14,21-22H2,1-5H3. The average Bonchev–Trinajstić information content (AvgIpc) is 3.14. The van der Waals surface area contributed by atoms with Gasteiger partial charge in [-0.25, -0.2) is 9.30 Å². The summed E-state index contributed by atoms with van der Waals surface area (Å²) >= 11 is 0. The molecule has 0 saturated carbocycles. The summed E-state index contributed by atoms with van der Waals surface area (Å²) in [6.45, 7) is 9.86. The Bertz CT molecular complexity index is 1310. The number of hydrogen-bond acceptors (Lipinski definition) is 6. The van der Waals surface area contributed by atoms with Gasteiger partial charge in [0.05, 0.1) is 6.61 Å². The van der Waals surface area contributed by atoms with Crippen molar-refractivity contribution in [2.75, 3.05) is 6.61 Å². The van der Waals surface area contributed by atoms with Crippen LogP contribution in [0.2, 0.25) is 0 Å². The minimum atomic E-state index is -1.38. The number of benzene rings is 2. The van der Waals surface area contributed by atoms with Crippen LogP contribution in [0, 0.1) is 25.0 Å². The van der Waals surface area contributed by atoms with Crippen LogP contribution in [0.3, 0.4) is 0 Å². The molecule has 2 aromatic carbocycles. The summed E-state index contributed by atoms with van der Waals surface area (Å²) in [7, 11) is 0. The van der Waals surface area contributed by atoms with E-state index < -0.39 is 29.6 Å². The molecule has 0 radical (unpaired) electrons. The van der Waals surface area contributed by atoms with Gasteiger partial charge in [-0.3, -0.25) is 9.59 Å². The number of nitrogens with zero attached hydrogens (tertiary/aromatic N) is 2. The molecule has 0 amide bonds. The number of imidazole rings is 1. The molecule has 8 nitrogen and oxygen atoms in total. The van der Waals surface area contributed by atoms with Crippen molar-refractivity contribution in [3.8, 4) is 5.75 Å². The first kappa shape index (κ1) is 30.2. The molecule has 0 bridgehead atoms. The van der Waals surface area contributed by atoms with E-state index in [1.54, 1.807) is 6.92 Å². The molecule has 1 aliphatic heterocycles. The van der Waals surface area contributed by atoms with Crippen molar-refractivity contribution in [3.63, 3.8) is 0 Å². The molecule has 2 heterocycles. The van der Waals surface area contributed by atoms with Crippen LogP contribution in [0.25, 0.3) is 0 Å². The summed E-state index contributed by atoms with van der Waals surface area (Å²) in [4.78, 5) is 26.7. The van der Waals surface area contributed by atoms with E-state index in [-0.39, 0.29) is 5.82 Å². The van der Waals surface area contributed by atoms with Crippen LogP contribution < -0.4 is 9.47 Å². The van der Waals surface area contributed by atoms with Crippen molar-refractivity contribution in [1.82, 2.24) is 4.57 Å². The van der Waals surface area contributed by atoms with E-state index in [0.29, 0.717) is 30.2 Å². The van der Waals surface area contributed by atoms with Gasteiger partial charge in [-0.15, -0.1) is 0 Å². The Morgan fingerprint density at radius 3 is 2.17 bits per heavy atom. The Balaban J connectivity index is 1.68. The normalized spacial score (nSPS) is 15.8. The number of ether oxygens (including phenoxy) is 3. The van der Waals surface area contributed by atoms with E-state index in [1.807, 2.05) is 66.1 Å². The Hall–Kier alpha value is -3.81. The van der Waals surface area contributed by atoms with Crippen LogP contribution >= 0.6 is 0 Å². The van der Waals surface area contributed by atoms with Gasteiger partial charge in [0, 0.05) is 27.7 Å².